The van der Waals surface area contributed by atoms with E-state index in [1.165, 1.54) is 13.0 Å². The fraction of sp³-hybridized carbons (Fsp3) is 0.176. The number of hydrogen-bond acceptors (Lipinski definition) is 4. The van der Waals surface area contributed by atoms with Crippen LogP contribution >= 0.6 is 11.6 Å². The highest BCUT2D eigenvalue weighted by Gasteiger charge is 2.20. The third kappa shape index (κ3) is 3.60. The SMILES string of the molecule is CC(=O)Nc1cccc(CNC(=O)c2cc(Cl)c3c(c2)OCO3)c1. The first kappa shape index (κ1) is 16.1. The molecule has 0 aromatic heterocycles. The van der Waals surface area contributed by atoms with Gasteiger partial charge in [-0.1, -0.05) is 23.7 Å². The summed E-state index contributed by atoms with van der Waals surface area (Å²) in [6.45, 7) is 1.85. The van der Waals surface area contributed by atoms with Gasteiger partial charge in [-0.25, -0.2) is 0 Å². The number of rotatable bonds is 4. The normalized spacial score (nSPS) is 11.9. The molecule has 0 spiro atoms. The Balaban J connectivity index is 1.68. The predicted molar refractivity (Wildman–Crippen MR) is 89.5 cm³/mol. The van der Waals surface area contributed by atoms with Gasteiger partial charge in [-0.3, -0.25) is 9.59 Å². The average Bonchev–Trinajstić information content (AvgIpc) is 3.01. The van der Waals surface area contributed by atoms with E-state index in [2.05, 4.69) is 10.6 Å². The number of fused-ring (bicyclic) bond motifs is 1. The van der Waals surface area contributed by atoms with E-state index < -0.39 is 0 Å². The predicted octanol–water partition coefficient (Wildman–Crippen LogP) is 2.96. The van der Waals surface area contributed by atoms with E-state index in [9.17, 15) is 9.59 Å². The van der Waals surface area contributed by atoms with E-state index in [4.69, 9.17) is 21.1 Å². The molecule has 24 heavy (non-hydrogen) atoms. The Labute approximate surface area is 143 Å². The van der Waals surface area contributed by atoms with E-state index in [0.29, 0.717) is 34.3 Å². The van der Waals surface area contributed by atoms with E-state index in [1.54, 1.807) is 18.2 Å². The van der Waals surface area contributed by atoms with Crippen LogP contribution in [0.2, 0.25) is 5.02 Å². The summed E-state index contributed by atoms with van der Waals surface area (Å²) >= 11 is 6.08. The van der Waals surface area contributed by atoms with Gasteiger partial charge in [0.15, 0.2) is 11.5 Å². The summed E-state index contributed by atoms with van der Waals surface area (Å²) in [7, 11) is 0. The molecule has 3 rings (SSSR count). The lowest BCUT2D eigenvalue weighted by atomic mass is 10.1. The molecule has 0 saturated carbocycles. The van der Waals surface area contributed by atoms with Crippen LogP contribution in [0.25, 0.3) is 0 Å². The third-order valence-corrected chi connectivity index (χ3v) is 3.67. The van der Waals surface area contributed by atoms with Gasteiger partial charge in [-0.15, -0.1) is 0 Å². The minimum absolute atomic E-state index is 0.0933. The van der Waals surface area contributed by atoms with Gasteiger partial charge in [-0.2, -0.15) is 0 Å². The number of ether oxygens (including phenoxy) is 2. The van der Waals surface area contributed by atoms with Gasteiger partial charge in [0.1, 0.15) is 0 Å². The highest BCUT2D eigenvalue weighted by atomic mass is 35.5. The van der Waals surface area contributed by atoms with Crippen LogP contribution in [0, 0.1) is 0 Å². The molecule has 0 bridgehead atoms. The Bertz CT molecular complexity index is 807. The smallest absolute Gasteiger partial charge is 0.251 e. The summed E-state index contributed by atoms with van der Waals surface area (Å²) in [6, 6.07) is 10.4. The summed E-state index contributed by atoms with van der Waals surface area (Å²) in [4.78, 5) is 23.4. The summed E-state index contributed by atoms with van der Waals surface area (Å²) in [5, 5.41) is 5.84. The molecule has 0 saturated heterocycles. The van der Waals surface area contributed by atoms with Crippen molar-refractivity contribution in [2.75, 3.05) is 12.1 Å². The topological polar surface area (TPSA) is 76.7 Å². The largest absolute Gasteiger partial charge is 0.454 e. The van der Waals surface area contributed by atoms with Crippen molar-refractivity contribution in [3.8, 4) is 11.5 Å². The zero-order valence-electron chi connectivity index (χ0n) is 12.9. The van der Waals surface area contributed by atoms with Crippen LogP contribution in [0.15, 0.2) is 36.4 Å². The Morgan fingerprint density at radius 1 is 1.21 bits per heavy atom. The van der Waals surface area contributed by atoms with Gasteiger partial charge < -0.3 is 20.1 Å². The molecule has 2 amide bonds. The molecule has 0 aliphatic carbocycles. The molecule has 2 aromatic carbocycles. The molecule has 124 valence electrons. The van der Waals surface area contributed by atoms with Crippen molar-refractivity contribution in [3.63, 3.8) is 0 Å². The lowest BCUT2D eigenvalue weighted by Crippen LogP contribution is -2.22. The summed E-state index contributed by atoms with van der Waals surface area (Å²) in [5.41, 5.74) is 1.93. The molecule has 0 unspecified atom stereocenters. The van der Waals surface area contributed by atoms with Gasteiger partial charge in [0.05, 0.1) is 5.02 Å². The average molecular weight is 347 g/mol. The third-order valence-electron chi connectivity index (χ3n) is 3.39. The van der Waals surface area contributed by atoms with Crippen LogP contribution in [0.3, 0.4) is 0 Å². The van der Waals surface area contributed by atoms with Crippen LogP contribution in [-0.2, 0) is 11.3 Å². The van der Waals surface area contributed by atoms with E-state index in [1.807, 2.05) is 12.1 Å². The maximum absolute atomic E-state index is 12.3. The van der Waals surface area contributed by atoms with Crippen molar-refractivity contribution >= 4 is 29.1 Å². The second kappa shape index (κ2) is 6.80. The highest BCUT2D eigenvalue weighted by molar-refractivity contribution is 6.32. The molecule has 1 heterocycles. The Morgan fingerprint density at radius 3 is 2.83 bits per heavy atom. The van der Waals surface area contributed by atoms with Gasteiger partial charge in [-0.05, 0) is 29.8 Å². The van der Waals surface area contributed by atoms with E-state index >= 15 is 0 Å². The first-order chi connectivity index (χ1) is 11.5. The second-order valence-corrected chi connectivity index (χ2v) is 5.66. The molecule has 0 radical (unpaired) electrons. The van der Waals surface area contributed by atoms with Crippen molar-refractivity contribution < 1.29 is 19.1 Å². The Hall–Kier alpha value is -2.73. The number of carbonyl (C=O) groups excluding carboxylic acids is 2. The lowest BCUT2D eigenvalue weighted by Gasteiger charge is -2.09. The van der Waals surface area contributed by atoms with E-state index in [-0.39, 0.29) is 18.6 Å². The number of amides is 2. The molecule has 0 fully saturated rings. The van der Waals surface area contributed by atoms with Crippen molar-refractivity contribution in [3.05, 3.63) is 52.5 Å². The molecule has 7 heteroatoms. The quantitative estimate of drug-likeness (QED) is 0.892. The van der Waals surface area contributed by atoms with Gasteiger partial charge >= 0.3 is 0 Å². The number of benzene rings is 2. The molecule has 6 nitrogen and oxygen atoms in total. The molecular weight excluding hydrogens is 332 g/mol. The number of anilines is 1. The maximum Gasteiger partial charge on any atom is 0.251 e. The summed E-state index contributed by atoms with van der Waals surface area (Å²) in [6.07, 6.45) is 0. The number of nitrogens with one attached hydrogen (secondary N) is 2. The molecule has 2 aromatic rings. The minimum atomic E-state index is -0.278. The van der Waals surface area contributed by atoms with Gasteiger partial charge in [0.2, 0.25) is 12.7 Å². The van der Waals surface area contributed by atoms with Crippen molar-refractivity contribution in [1.82, 2.24) is 5.32 Å². The van der Waals surface area contributed by atoms with Crippen molar-refractivity contribution in [1.29, 1.82) is 0 Å². The fourth-order valence-corrected chi connectivity index (χ4v) is 2.61. The van der Waals surface area contributed by atoms with Crippen molar-refractivity contribution in [2.24, 2.45) is 0 Å². The van der Waals surface area contributed by atoms with Crippen molar-refractivity contribution in [2.45, 2.75) is 13.5 Å². The molecule has 1 aliphatic heterocycles. The Morgan fingerprint density at radius 2 is 2.04 bits per heavy atom. The first-order valence-electron chi connectivity index (χ1n) is 7.27. The van der Waals surface area contributed by atoms with Gasteiger partial charge in [0, 0.05) is 24.7 Å². The van der Waals surface area contributed by atoms with Crippen LogP contribution in [0.4, 0.5) is 5.69 Å². The fourth-order valence-electron chi connectivity index (χ4n) is 2.35. The minimum Gasteiger partial charge on any atom is -0.454 e. The summed E-state index contributed by atoms with van der Waals surface area (Å²) < 4.78 is 10.5. The van der Waals surface area contributed by atoms with Crippen LogP contribution in [0.5, 0.6) is 11.5 Å². The zero-order valence-corrected chi connectivity index (χ0v) is 13.6. The molecular formula is C17H15ClN2O4. The molecule has 1 aliphatic rings. The lowest BCUT2D eigenvalue weighted by molar-refractivity contribution is -0.114. The zero-order chi connectivity index (χ0) is 17.1. The maximum atomic E-state index is 12.3. The van der Waals surface area contributed by atoms with Crippen LogP contribution < -0.4 is 20.1 Å². The first-order valence-corrected chi connectivity index (χ1v) is 7.64. The highest BCUT2D eigenvalue weighted by Crippen LogP contribution is 2.39. The molecule has 2 N–H and O–H groups in total. The Kier molecular flexibility index (Phi) is 4.57. The number of carbonyl (C=O) groups is 2. The standard InChI is InChI=1S/C17H15ClN2O4/c1-10(21)20-13-4-2-3-11(5-13)8-19-17(22)12-6-14(18)16-15(7-12)23-9-24-16/h2-7H,8-9H2,1H3,(H,19,22)(H,20,21). The molecule has 0 atom stereocenters. The van der Waals surface area contributed by atoms with Crippen LogP contribution in [0.1, 0.15) is 22.8 Å². The number of hydrogen-bond donors (Lipinski definition) is 2. The second-order valence-electron chi connectivity index (χ2n) is 5.26. The number of halogens is 1. The monoisotopic (exact) mass is 346 g/mol. The van der Waals surface area contributed by atoms with E-state index in [0.717, 1.165) is 5.56 Å². The summed E-state index contributed by atoms with van der Waals surface area (Å²) in [5.74, 6) is 0.489. The van der Waals surface area contributed by atoms with Gasteiger partial charge in [0.25, 0.3) is 5.91 Å². The van der Waals surface area contributed by atoms with Crippen LogP contribution in [-0.4, -0.2) is 18.6 Å².